The van der Waals surface area contributed by atoms with E-state index < -0.39 is 59.3 Å². The minimum atomic E-state index is -5.13. The second-order valence-corrected chi connectivity index (χ2v) is 7.52. The predicted octanol–water partition coefficient (Wildman–Crippen LogP) is 3.46. The van der Waals surface area contributed by atoms with Crippen molar-refractivity contribution in [2.75, 3.05) is 26.2 Å². The first kappa shape index (κ1) is 23.3. The van der Waals surface area contributed by atoms with E-state index in [4.69, 9.17) is 4.74 Å². The Labute approximate surface area is 173 Å². The molecule has 0 aliphatic carbocycles. The Balaban J connectivity index is 2.07. The molecule has 3 rings (SSSR count). The number of aliphatic carboxylic acids is 1. The van der Waals surface area contributed by atoms with Gasteiger partial charge in [0.05, 0.1) is 17.7 Å². The summed E-state index contributed by atoms with van der Waals surface area (Å²) in [4.78, 5) is 27.7. The van der Waals surface area contributed by atoms with E-state index in [0.717, 1.165) is 4.90 Å². The lowest BCUT2D eigenvalue weighted by atomic mass is 9.96. The number of carboxylic acids is 1. The second kappa shape index (κ2) is 7.97. The Kier molecular flexibility index (Phi) is 6.00. The van der Waals surface area contributed by atoms with Gasteiger partial charge in [-0.15, -0.1) is 0 Å². The summed E-state index contributed by atoms with van der Waals surface area (Å²) in [6, 6.07) is -0.987. The van der Waals surface area contributed by atoms with E-state index in [-0.39, 0.29) is 18.9 Å². The van der Waals surface area contributed by atoms with Crippen LogP contribution in [-0.4, -0.2) is 64.8 Å². The summed E-state index contributed by atoms with van der Waals surface area (Å²) < 4.78 is 84.8. The molecule has 2 aliphatic heterocycles. The standard InChI is InChI=1S/C19H20F6N2O4/c1-2-26-5-3-17(4-6-26)27(14(10-31-17)16(29)30)15(28)11-7-12(18(20,21)22)9-13(8-11)19(23,24)25/h7-9,14H,2-6,10H2,1H3,(H,29,30)/t14-/m0/s1. The number of hydrogen-bond acceptors (Lipinski definition) is 4. The van der Waals surface area contributed by atoms with Crippen molar-refractivity contribution in [2.24, 2.45) is 0 Å². The fourth-order valence-corrected chi connectivity index (χ4v) is 3.99. The maximum absolute atomic E-state index is 13.2. The first-order valence-corrected chi connectivity index (χ1v) is 9.51. The molecule has 1 aromatic rings. The lowest BCUT2D eigenvalue weighted by Gasteiger charge is -2.44. The molecule has 0 radical (unpaired) electrons. The van der Waals surface area contributed by atoms with Crippen LogP contribution in [0.2, 0.25) is 0 Å². The summed E-state index contributed by atoms with van der Waals surface area (Å²) in [5.41, 5.74) is -5.59. The molecular weight excluding hydrogens is 434 g/mol. The molecule has 6 nitrogen and oxygen atoms in total. The van der Waals surface area contributed by atoms with Crippen molar-refractivity contribution in [3.63, 3.8) is 0 Å². The highest BCUT2D eigenvalue weighted by Crippen LogP contribution is 2.40. The van der Waals surface area contributed by atoms with Gasteiger partial charge in [0.2, 0.25) is 0 Å². The Hall–Kier alpha value is -2.34. The highest BCUT2D eigenvalue weighted by molar-refractivity contribution is 5.98. The number of halogens is 6. The summed E-state index contributed by atoms with van der Waals surface area (Å²) >= 11 is 0. The summed E-state index contributed by atoms with van der Waals surface area (Å²) in [5.74, 6) is -2.70. The van der Waals surface area contributed by atoms with E-state index in [0.29, 0.717) is 31.8 Å². The fraction of sp³-hybridized carbons (Fsp3) is 0.579. The van der Waals surface area contributed by atoms with E-state index >= 15 is 0 Å². The maximum Gasteiger partial charge on any atom is 0.416 e. The number of ether oxygens (including phenoxy) is 1. The molecule has 0 bridgehead atoms. The number of rotatable bonds is 3. The number of alkyl halides is 6. The van der Waals surface area contributed by atoms with Crippen LogP contribution in [0.15, 0.2) is 18.2 Å². The smallest absolute Gasteiger partial charge is 0.416 e. The van der Waals surface area contributed by atoms with Crippen molar-refractivity contribution in [1.82, 2.24) is 9.80 Å². The van der Waals surface area contributed by atoms with Gasteiger partial charge in [0.1, 0.15) is 5.72 Å². The number of nitrogens with zero attached hydrogens (tertiary/aromatic N) is 2. The zero-order valence-corrected chi connectivity index (χ0v) is 16.4. The maximum atomic E-state index is 13.2. The van der Waals surface area contributed by atoms with Gasteiger partial charge in [0, 0.05) is 31.5 Å². The molecule has 1 N–H and O–H groups in total. The highest BCUT2D eigenvalue weighted by atomic mass is 19.4. The molecule has 2 saturated heterocycles. The molecule has 2 fully saturated rings. The molecule has 1 spiro atoms. The Morgan fingerprint density at radius 1 is 1.06 bits per heavy atom. The van der Waals surface area contributed by atoms with Gasteiger partial charge >= 0.3 is 18.3 Å². The molecule has 2 aliphatic rings. The molecule has 1 atom stereocenters. The van der Waals surface area contributed by atoms with Gasteiger partial charge in [0.15, 0.2) is 6.04 Å². The molecule has 12 heteroatoms. The van der Waals surface area contributed by atoms with Crippen LogP contribution in [-0.2, 0) is 21.9 Å². The molecule has 0 aromatic heterocycles. The SMILES string of the molecule is CCN1CCC2(CC1)OC[C@@H](C(=O)O)N2C(=O)c1cc(C(F)(F)F)cc(C(F)(F)F)c1. The van der Waals surface area contributed by atoms with Crippen LogP contribution in [0.1, 0.15) is 41.3 Å². The normalized spacial score (nSPS) is 22.2. The molecule has 1 aromatic carbocycles. The molecule has 31 heavy (non-hydrogen) atoms. The number of hydrogen-bond donors (Lipinski definition) is 1. The zero-order chi connectivity index (χ0) is 23.2. The highest BCUT2D eigenvalue weighted by Gasteiger charge is 2.54. The average molecular weight is 454 g/mol. The zero-order valence-electron chi connectivity index (χ0n) is 16.4. The summed E-state index contributed by atoms with van der Waals surface area (Å²) in [7, 11) is 0. The van der Waals surface area contributed by atoms with Crippen LogP contribution >= 0.6 is 0 Å². The van der Waals surface area contributed by atoms with Gasteiger partial charge in [0.25, 0.3) is 5.91 Å². The van der Waals surface area contributed by atoms with Gasteiger partial charge in [-0.25, -0.2) is 4.79 Å². The fourth-order valence-electron chi connectivity index (χ4n) is 3.99. The van der Waals surface area contributed by atoms with Gasteiger partial charge in [-0.2, -0.15) is 26.3 Å². The van der Waals surface area contributed by atoms with E-state index in [1.54, 1.807) is 0 Å². The van der Waals surface area contributed by atoms with Crippen molar-refractivity contribution in [3.05, 3.63) is 34.9 Å². The topological polar surface area (TPSA) is 70.1 Å². The average Bonchev–Trinajstić information content (AvgIpc) is 3.05. The minimum absolute atomic E-state index is 0.0819. The van der Waals surface area contributed by atoms with Crippen LogP contribution in [0, 0.1) is 0 Å². The lowest BCUT2D eigenvalue weighted by molar-refractivity contribution is -0.145. The molecule has 0 saturated carbocycles. The molecular formula is C19H20F6N2O4. The van der Waals surface area contributed by atoms with Crippen molar-refractivity contribution >= 4 is 11.9 Å². The van der Waals surface area contributed by atoms with Crippen LogP contribution < -0.4 is 0 Å². The third-order valence-corrected chi connectivity index (χ3v) is 5.68. The van der Waals surface area contributed by atoms with Crippen molar-refractivity contribution in [1.29, 1.82) is 0 Å². The Bertz CT molecular complexity index is 830. The van der Waals surface area contributed by atoms with E-state index in [1.807, 2.05) is 11.8 Å². The predicted molar refractivity (Wildman–Crippen MR) is 94.1 cm³/mol. The van der Waals surface area contributed by atoms with E-state index in [9.17, 15) is 41.0 Å². The molecule has 2 heterocycles. The monoisotopic (exact) mass is 454 g/mol. The second-order valence-electron chi connectivity index (χ2n) is 7.52. The Morgan fingerprint density at radius 3 is 2.00 bits per heavy atom. The minimum Gasteiger partial charge on any atom is -0.480 e. The van der Waals surface area contributed by atoms with E-state index in [1.165, 1.54) is 0 Å². The van der Waals surface area contributed by atoms with Crippen LogP contribution in [0.4, 0.5) is 26.3 Å². The first-order chi connectivity index (χ1) is 14.3. The van der Waals surface area contributed by atoms with Gasteiger partial charge in [-0.3, -0.25) is 9.69 Å². The number of amides is 1. The number of benzene rings is 1. The van der Waals surface area contributed by atoms with E-state index in [2.05, 4.69) is 0 Å². The van der Waals surface area contributed by atoms with Crippen molar-refractivity contribution in [3.8, 4) is 0 Å². The third-order valence-electron chi connectivity index (χ3n) is 5.68. The third kappa shape index (κ3) is 4.49. The molecule has 1 amide bonds. The summed E-state index contributed by atoms with van der Waals surface area (Å²) in [6.07, 6.45) is -9.90. The van der Waals surface area contributed by atoms with Gasteiger partial charge < -0.3 is 14.7 Å². The number of carboxylic acid groups (broad SMARTS) is 1. The van der Waals surface area contributed by atoms with Crippen LogP contribution in [0.3, 0.4) is 0 Å². The lowest BCUT2D eigenvalue weighted by Crippen LogP contribution is -2.58. The molecule has 172 valence electrons. The van der Waals surface area contributed by atoms with Crippen LogP contribution in [0.5, 0.6) is 0 Å². The first-order valence-electron chi connectivity index (χ1n) is 9.51. The quantitative estimate of drug-likeness (QED) is 0.709. The van der Waals surface area contributed by atoms with Gasteiger partial charge in [-0.05, 0) is 24.7 Å². The number of piperidine rings is 1. The van der Waals surface area contributed by atoms with Crippen molar-refractivity contribution < 1.29 is 45.8 Å². The van der Waals surface area contributed by atoms with Crippen LogP contribution in [0.25, 0.3) is 0 Å². The number of likely N-dealkylation sites (tertiary alicyclic amines) is 1. The van der Waals surface area contributed by atoms with Gasteiger partial charge in [-0.1, -0.05) is 6.92 Å². The largest absolute Gasteiger partial charge is 0.480 e. The summed E-state index contributed by atoms with van der Waals surface area (Å²) in [5, 5.41) is 9.51. The Morgan fingerprint density at radius 2 is 1.58 bits per heavy atom. The molecule has 0 unspecified atom stereocenters. The number of carbonyl (C=O) groups excluding carboxylic acids is 1. The number of carbonyl (C=O) groups is 2. The summed E-state index contributed by atoms with van der Waals surface area (Å²) in [6.45, 7) is 3.05. The van der Waals surface area contributed by atoms with Crippen molar-refractivity contribution in [2.45, 2.75) is 43.9 Å².